The molecule has 3 atom stereocenters. The fourth-order valence-corrected chi connectivity index (χ4v) is 3.94. The number of benzene rings is 1. The number of carbonyl (C=O) groups is 1. The third kappa shape index (κ3) is 4.65. The van der Waals surface area contributed by atoms with Crippen LogP contribution in [0.5, 0.6) is 0 Å². The van der Waals surface area contributed by atoms with Crippen LogP contribution >= 0.6 is 0 Å². The summed E-state index contributed by atoms with van der Waals surface area (Å²) in [4.78, 5) is 11.9. The molecule has 1 fully saturated rings. The van der Waals surface area contributed by atoms with E-state index in [-0.39, 0.29) is 13.0 Å². The number of sulfone groups is 1. The van der Waals surface area contributed by atoms with Crippen molar-refractivity contribution in [3.63, 3.8) is 0 Å². The number of nitrogens with two attached hydrogens (primary N) is 1. The summed E-state index contributed by atoms with van der Waals surface area (Å²) >= 11 is 0. The fourth-order valence-electron chi connectivity index (χ4n) is 3.10. The number of carbonyl (C=O) groups excluding carboxylic acids is 1. The van der Waals surface area contributed by atoms with E-state index in [0.29, 0.717) is 18.4 Å². The van der Waals surface area contributed by atoms with Crippen LogP contribution in [0.15, 0.2) is 24.4 Å². The summed E-state index contributed by atoms with van der Waals surface area (Å²) in [5.74, 6) is 11.8. The maximum absolute atomic E-state index is 12.1. The molecule has 1 aliphatic rings. The number of rotatable bonds is 6. The van der Waals surface area contributed by atoms with Gasteiger partial charge in [0.2, 0.25) is 0 Å². The maximum Gasteiger partial charge on any atom is 0.264 e. The van der Waals surface area contributed by atoms with E-state index in [1.54, 1.807) is 10.9 Å². The average molecular weight is 429 g/mol. The smallest absolute Gasteiger partial charge is 0.264 e. The SMILES string of the molecule is C[C@@](CCn1cc2cc(C#CC#CC3C[C@H]3CN)ccc2n1)(C(=O)NO)S(C)(=O)=O. The lowest BCUT2D eigenvalue weighted by Gasteiger charge is -2.24. The summed E-state index contributed by atoms with van der Waals surface area (Å²) < 4.78 is 23.9. The van der Waals surface area contributed by atoms with E-state index in [9.17, 15) is 13.2 Å². The summed E-state index contributed by atoms with van der Waals surface area (Å²) in [5, 5.41) is 14.2. The second-order valence-corrected chi connectivity index (χ2v) is 10.2. The lowest BCUT2D eigenvalue weighted by molar-refractivity contribution is -0.131. The first-order valence-corrected chi connectivity index (χ1v) is 11.4. The number of hydrogen-bond donors (Lipinski definition) is 3. The number of hydroxylamine groups is 1. The lowest BCUT2D eigenvalue weighted by Crippen LogP contribution is -2.49. The molecule has 2 aromatic rings. The Morgan fingerprint density at radius 3 is 2.83 bits per heavy atom. The van der Waals surface area contributed by atoms with Gasteiger partial charge in [-0.1, -0.05) is 11.8 Å². The van der Waals surface area contributed by atoms with Crippen LogP contribution in [0, 0.1) is 35.5 Å². The van der Waals surface area contributed by atoms with Crippen molar-refractivity contribution in [1.82, 2.24) is 15.3 Å². The first-order valence-electron chi connectivity index (χ1n) is 9.51. The van der Waals surface area contributed by atoms with E-state index < -0.39 is 20.5 Å². The molecule has 30 heavy (non-hydrogen) atoms. The molecule has 0 bridgehead atoms. The zero-order valence-electron chi connectivity index (χ0n) is 16.8. The van der Waals surface area contributed by atoms with Crippen molar-refractivity contribution in [2.24, 2.45) is 17.6 Å². The van der Waals surface area contributed by atoms with Crippen molar-refractivity contribution in [3.8, 4) is 23.7 Å². The molecule has 1 unspecified atom stereocenters. The standard InChI is InChI=1S/C21H24N4O4S/c1-21(20(26)24-27,30(2,28)29)9-10-25-14-18-11-15(7-8-19(18)23-25)5-3-4-6-16-12-17(16)13-22/h7-8,11,14,16-17,27H,9-10,12-13,22H2,1-2H3,(H,24,26)/t16?,17-,21+/m0/s1. The van der Waals surface area contributed by atoms with Crippen LogP contribution in [0.4, 0.5) is 0 Å². The first-order chi connectivity index (χ1) is 14.2. The number of fused-ring (bicyclic) bond motifs is 1. The van der Waals surface area contributed by atoms with Gasteiger partial charge < -0.3 is 5.73 Å². The highest BCUT2D eigenvalue weighted by Gasteiger charge is 2.43. The van der Waals surface area contributed by atoms with Crippen molar-refractivity contribution in [2.45, 2.75) is 31.1 Å². The Bertz CT molecular complexity index is 1200. The summed E-state index contributed by atoms with van der Waals surface area (Å²) in [6.45, 7) is 2.13. The Morgan fingerprint density at radius 2 is 2.20 bits per heavy atom. The van der Waals surface area contributed by atoms with Gasteiger partial charge in [0.1, 0.15) is 0 Å². The van der Waals surface area contributed by atoms with Crippen LogP contribution in [-0.4, -0.2) is 46.9 Å². The molecule has 0 radical (unpaired) electrons. The molecule has 4 N–H and O–H groups in total. The fraction of sp³-hybridized carbons (Fsp3) is 0.429. The molecule has 158 valence electrons. The number of nitrogens with one attached hydrogen (secondary N) is 1. The van der Waals surface area contributed by atoms with Gasteiger partial charge in [0.25, 0.3) is 5.91 Å². The van der Waals surface area contributed by atoms with Gasteiger partial charge in [0.15, 0.2) is 14.6 Å². The molecule has 1 aromatic carbocycles. The van der Waals surface area contributed by atoms with E-state index in [1.807, 2.05) is 18.2 Å². The zero-order valence-corrected chi connectivity index (χ0v) is 17.7. The molecule has 8 nitrogen and oxygen atoms in total. The predicted molar refractivity (Wildman–Crippen MR) is 113 cm³/mol. The van der Waals surface area contributed by atoms with Crippen LogP contribution in [0.1, 0.15) is 25.3 Å². The Labute approximate surface area is 175 Å². The van der Waals surface area contributed by atoms with Crippen molar-refractivity contribution in [3.05, 3.63) is 30.0 Å². The molecular weight excluding hydrogens is 404 g/mol. The minimum atomic E-state index is -3.75. The quantitative estimate of drug-likeness (QED) is 0.353. The van der Waals surface area contributed by atoms with Crippen molar-refractivity contribution in [2.75, 3.05) is 12.8 Å². The highest BCUT2D eigenvalue weighted by molar-refractivity contribution is 7.92. The second-order valence-electron chi connectivity index (χ2n) is 7.72. The number of nitrogens with zero attached hydrogens (tertiary/aromatic N) is 2. The molecule has 0 aliphatic heterocycles. The molecule has 1 aliphatic carbocycles. The van der Waals surface area contributed by atoms with Gasteiger partial charge >= 0.3 is 0 Å². The largest absolute Gasteiger partial charge is 0.330 e. The molecule has 1 amide bonds. The molecular formula is C21H24N4O4S. The molecule has 0 spiro atoms. The van der Waals surface area contributed by atoms with Gasteiger partial charge in [0, 0.05) is 35.9 Å². The minimum absolute atomic E-state index is 0.0422. The summed E-state index contributed by atoms with van der Waals surface area (Å²) in [6, 6.07) is 5.54. The topological polar surface area (TPSA) is 127 Å². The van der Waals surface area contributed by atoms with Crippen molar-refractivity contribution >= 4 is 26.6 Å². The summed E-state index contributed by atoms with van der Waals surface area (Å²) in [7, 11) is -3.75. The summed E-state index contributed by atoms with van der Waals surface area (Å²) in [6.07, 6.45) is 3.74. The third-order valence-electron chi connectivity index (χ3n) is 5.52. The van der Waals surface area contributed by atoms with Crippen LogP contribution < -0.4 is 11.2 Å². The third-order valence-corrected chi connectivity index (χ3v) is 7.55. The molecule has 9 heteroatoms. The normalized spacial score (nSPS) is 19.7. The highest BCUT2D eigenvalue weighted by atomic mass is 32.2. The number of hydrogen-bond acceptors (Lipinski definition) is 6. The van der Waals surface area contributed by atoms with Gasteiger partial charge in [-0.2, -0.15) is 5.10 Å². The van der Waals surface area contributed by atoms with E-state index in [2.05, 4.69) is 28.8 Å². The van der Waals surface area contributed by atoms with Crippen molar-refractivity contribution in [1.29, 1.82) is 0 Å². The number of amides is 1. The van der Waals surface area contributed by atoms with E-state index >= 15 is 0 Å². The van der Waals surface area contributed by atoms with Gasteiger partial charge in [-0.15, -0.1) is 0 Å². The minimum Gasteiger partial charge on any atom is -0.330 e. The van der Waals surface area contributed by atoms with E-state index in [4.69, 9.17) is 10.9 Å². The Balaban J connectivity index is 1.72. The maximum atomic E-state index is 12.1. The lowest BCUT2D eigenvalue weighted by atomic mass is 10.1. The number of aryl methyl sites for hydroxylation is 1. The molecule has 0 saturated heterocycles. The van der Waals surface area contributed by atoms with Gasteiger partial charge in [0.05, 0.1) is 5.52 Å². The zero-order chi connectivity index (χ0) is 21.9. The van der Waals surface area contributed by atoms with Gasteiger partial charge in [-0.25, -0.2) is 13.9 Å². The highest BCUT2D eigenvalue weighted by Crippen LogP contribution is 2.36. The Hall–Kier alpha value is -2.85. The van der Waals surface area contributed by atoms with Gasteiger partial charge in [-0.05, 0) is 62.3 Å². The van der Waals surface area contributed by atoms with Crippen LogP contribution in [0.3, 0.4) is 0 Å². The molecule has 1 heterocycles. The summed E-state index contributed by atoms with van der Waals surface area (Å²) in [5.41, 5.74) is 8.55. The Morgan fingerprint density at radius 1 is 1.43 bits per heavy atom. The predicted octanol–water partition coefficient (Wildman–Crippen LogP) is 0.685. The Kier molecular flexibility index (Phi) is 6.18. The van der Waals surface area contributed by atoms with Crippen molar-refractivity contribution < 1.29 is 18.4 Å². The molecule has 1 aromatic heterocycles. The van der Waals surface area contributed by atoms with Crippen LogP contribution in [0.2, 0.25) is 0 Å². The molecule has 1 saturated carbocycles. The van der Waals surface area contributed by atoms with Crippen LogP contribution in [-0.2, 0) is 21.2 Å². The molecule has 3 rings (SSSR count). The average Bonchev–Trinajstić information content (AvgIpc) is 3.35. The number of aromatic nitrogens is 2. The van der Waals surface area contributed by atoms with E-state index in [0.717, 1.165) is 29.1 Å². The van der Waals surface area contributed by atoms with Crippen LogP contribution in [0.25, 0.3) is 10.9 Å². The van der Waals surface area contributed by atoms with E-state index in [1.165, 1.54) is 12.4 Å². The second kappa shape index (κ2) is 8.49. The first kappa shape index (κ1) is 21.8. The van der Waals surface area contributed by atoms with Gasteiger partial charge in [-0.3, -0.25) is 14.7 Å². The monoisotopic (exact) mass is 428 g/mol.